The summed E-state index contributed by atoms with van der Waals surface area (Å²) in [6.07, 6.45) is 4.65. The highest BCUT2D eigenvalue weighted by molar-refractivity contribution is 5.79. The molecule has 2 unspecified atom stereocenters. The van der Waals surface area contributed by atoms with E-state index in [9.17, 15) is 14.7 Å². The lowest BCUT2D eigenvalue weighted by molar-refractivity contribution is -0.146. The van der Waals surface area contributed by atoms with Gasteiger partial charge in [-0.1, -0.05) is 12.8 Å². The first-order chi connectivity index (χ1) is 9.99. The zero-order chi connectivity index (χ0) is 15.4. The van der Waals surface area contributed by atoms with Gasteiger partial charge in [-0.3, -0.25) is 14.5 Å². The molecule has 2 rings (SSSR count). The van der Waals surface area contributed by atoms with E-state index in [0.29, 0.717) is 32.5 Å². The summed E-state index contributed by atoms with van der Waals surface area (Å²) in [7, 11) is 1.89. The molecule has 1 saturated heterocycles. The highest BCUT2D eigenvalue weighted by Gasteiger charge is 2.30. The maximum Gasteiger partial charge on any atom is 0.306 e. The Morgan fingerprint density at radius 3 is 2.33 bits per heavy atom. The molecular formula is C15H26N2O4. The van der Waals surface area contributed by atoms with Gasteiger partial charge in [0.1, 0.15) is 0 Å². The topological polar surface area (TPSA) is 81.1 Å². The van der Waals surface area contributed by atoms with E-state index in [4.69, 9.17) is 5.11 Å². The van der Waals surface area contributed by atoms with Crippen LogP contribution < -0.4 is 0 Å². The van der Waals surface area contributed by atoms with Gasteiger partial charge in [-0.05, 0) is 32.7 Å². The third-order valence-electron chi connectivity index (χ3n) is 4.84. The highest BCUT2D eigenvalue weighted by atomic mass is 16.4. The Morgan fingerprint density at radius 2 is 1.76 bits per heavy atom. The smallest absolute Gasteiger partial charge is 0.306 e. The summed E-state index contributed by atoms with van der Waals surface area (Å²) < 4.78 is 0. The number of aliphatic hydroxyl groups excluding tert-OH is 1. The van der Waals surface area contributed by atoms with Crippen molar-refractivity contribution in [3.8, 4) is 0 Å². The summed E-state index contributed by atoms with van der Waals surface area (Å²) in [5.74, 6) is -1.03. The normalized spacial score (nSPS) is 27.9. The molecule has 2 aliphatic rings. The number of likely N-dealkylation sites (tertiary alicyclic amines) is 1. The molecule has 0 aromatic carbocycles. The maximum absolute atomic E-state index is 12.3. The number of hydrogen-bond donors (Lipinski definition) is 2. The number of nitrogens with zero attached hydrogens (tertiary/aromatic N) is 2. The van der Waals surface area contributed by atoms with E-state index in [1.807, 2.05) is 11.9 Å². The SMILES string of the molecule is CN(CC(=O)N1CCC(C(=O)O)CC1)C1CCCCC1O. The Bertz CT molecular complexity index is 380. The van der Waals surface area contributed by atoms with Gasteiger partial charge in [0.25, 0.3) is 0 Å². The number of likely N-dealkylation sites (N-methyl/N-ethyl adjacent to an activating group) is 1. The standard InChI is InChI=1S/C15H26N2O4/c1-16(12-4-2-3-5-13(12)18)10-14(19)17-8-6-11(7-9-17)15(20)21/h11-13,18H,2-10H2,1H3,(H,20,21). The number of carboxylic acid groups (broad SMARTS) is 1. The molecule has 21 heavy (non-hydrogen) atoms. The molecule has 2 N–H and O–H groups in total. The van der Waals surface area contributed by atoms with Crippen LogP contribution in [0.2, 0.25) is 0 Å². The van der Waals surface area contributed by atoms with Crippen molar-refractivity contribution in [3.05, 3.63) is 0 Å². The second-order valence-electron chi connectivity index (χ2n) is 6.33. The molecule has 6 nitrogen and oxygen atoms in total. The molecule has 1 aliphatic carbocycles. The fraction of sp³-hybridized carbons (Fsp3) is 0.867. The maximum atomic E-state index is 12.3. The van der Waals surface area contributed by atoms with Crippen molar-refractivity contribution >= 4 is 11.9 Å². The number of piperidine rings is 1. The molecule has 1 aliphatic heterocycles. The van der Waals surface area contributed by atoms with Crippen LogP contribution in [0.5, 0.6) is 0 Å². The molecule has 0 bridgehead atoms. The molecule has 0 spiro atoms. The van der Waals surface area contributed by atoms with Crippen LogP contribution in [0.1, 0.15) is 38.5 Å². The van der Waals surface area contributed by atoms with Gasteiger partial charge >= 0.3 is 5.97 Å². The third-order valence-corrected chi connectivity index (χ3v) is 4.84. The van der Waals surface area contributed by atoms with Crippen LogP contribution in [0.15, 0.2) is 0 Å². The van der Waals surface area contributed by atoms with Crippen molar-refractivity contribution in [2.75, 3.05) is 26.7 Å². The number of carbonyl (C=O) groups excluding carboxylic acids is 1. The zero-order valence-electron chi connectivity index (χ0n) is 12.7. The Morgan fingerprint density at radius 1 is 1.14 bits per heavy atom. The first-order valence-corrected chi connectivity index (χ1v) is 7.88. The van der Waals surface area contributed by atoms with Crippen molar-refractivity contribution in [1.82, 2.24) is 9.80 Å². The number of carbonyl (C=O) groups is 2. The Hall–Kier alpha value is -1.14. The van der Waals surface area contributed by atoms with E-state index in [1.165, 1.54) is 0 Å². The molecule has 2 fully saturated rings. The lowest BCUT2D eigenvalue weighted by atomic mass is 9.91. The Kier molecular flexibility index (Phi) is 5.58. The van der Waals surface area contributed by atoms with Crippen LogP contribution >= 0.6 is 0 Å². The van der Waals surface area contributed by atoms with Gasteiger partial charge in [0.2, 0.25) is 5.91 Å². The van der Waals surface area contributed by atoms with Gasteiger partial charge in [0, 0.05) is 19.1 Å². The number of rotatable bonds is 4. The fourth-order valence-electron chi connectivity index (χ4n) is 3.41. The van der Waals surface area contributed by atoms with Gasteiger partial charge in [0.15, 0.2) is 0 Å². The summed E-state index contributed by atoms with van der Waals surface area (Å²) in [6, 6.07) is 0.0688. The van der Waals surface area contributed by atoms with E-state index >= 15 is 0 Å². The third kappa shape index (κ3) is 4.17. The summed E-state index contributed by atoms with van der Waals surface area (Å²) in [6.45, 7) is 1.35. The lowest BCUT2D eigenvalue weighted by Crippen LogP contribution is -2.49. The van der Waals surface area contributed by atoms with Crippen LogP contribution in [0.3, 0.4) is 0 Å². The summed E-state index contributed by atoms with van der Waals surface area (Å²) in [5, 5.41) is 19.0. The summed E-state index contributed by atoms with van der Waals surface area (Å²) in [5.41, 5.74) is 0. The monoisotopic (exact) mass is 298 g/mol. The summed E-state index contributed by atoms with van der Waals surface area (Å²) >= 11 is 0. The van der Waals surface area contributed by atoms with E-state index in [1.54, 1.807) is 4.90 Å². The molecule has 1 heterocycles. The van der Waals surface area contributed by atoms with E-state index in [0.717, 1.165) is 25.7 Å². The van der Waals surface area contributed by atoms with Crippen LogP contribution in [-0.2, 0) is 9.59 Å². The van der Waals surface area contributed by atoms with Crippen molar-refractivity contribution in [1.29, 1.82) is 0 Å². The van der Waals surface area contributed by atoms with Crippen molar-refractivity contribution in [2.24, 2.45) is 5.92 Å². The number of aliphatic hydroxyl groups is 1. The van der Waals surface area contributed by atoms with Gasteiger partial charge < -0.3 is 15.1 Å². The van der Waals surface area contributed by atoms with E-state index in [-0.39, 0.29) is 24.0 Å². The average Bonchev–Trinajstić information content (AvgIpc) is 2.47. The zero-order valence-corrected chi connectivity index (χ0v) is 12.7. The second-order valence-corrected chi connectivity index (χ2v) is 6.33. The minimum Gasteiger partial charge on any atom is -0.481 e. The van der Waals surface area contributed by atoms with Gasteiger partial charge in [-0.2, -0.15) is 0 Å². The fourth-order valence-corrected chi connectivity index (χ4v) is 3.41. The van der Waals surface area contributed by atoms with Crippen molar-refractivity contribution < 1.29 is 19.8 Å². The van der Waals surface area contributed by atoms with Crippen LogP contribution in [0.25, 0.3) is 0 Å². The lowest BCUT2D eigenvalue weighted by Gasteiger charge is -2.37. The molecule has 0 aromatic rings. The molecular weight excluding hydrogens is 272 g/mol. The molecule has 120 valence electrons. The first kappa shape index (κ1) is 16.2. The molecule has 2 atom stereocenters. The molecule has 6 heteroatoms. The van der Waals surface area contributed by atoms with E-state index < -0.39 is 5.97 Å². The molecule has 0 radical (unpaired) electrons. The first-order valence-electron chi connectivity index (χ1n) is 7.88. The summed E-state index contributed by atoms with van der Waals surface area (Å²) in [4.78, 5) is 26.9. The molecule has 0 aromatic heterocycles. The van der Waals surface area contributed by atoms with E-state index in [2.05, 4.69) is 0 Å². The quantitative estimate of drug-likeness (QED) is 0.792. The van der Waals surface area contributed by atoms with Gasteiger partial charge in [-0.25, -0.2) is 0 Å². The van der Waals surface area contributed by atoms with Crippen LogP contribution in [0.4, 0.5) is 0 Å². The average molecular weight is 298 g/mol. The molecule has 1 amide bonds. The number of aliphatic carboxylic acids is 1. The molecule has 1 saturated carbocycles. The number of amides is 1. The van der Waals surface area contributed by atoms with Crippen molar-refractivity contribution in [3.63, 3.8) is 0 Å². The largest absolute Gasteiger partial charge is 0.481 e. The van der Waals surface area contributed by atoms with Gasteiger partial charge in [0.05, 0.1) is 18.6 Å². The Labute approximate surface area is 125 Å². The van der Waals surface area contributed by atoms with Crippen molar-refractivity contribution in [2.45, 2.75) is 50.7 Å². The minimum absolute atomic E-state index is 0.0408. The Balaban J connectivity index is 1.80. The number of hydrogen-bond acceptors (Lipinski definition) is 4. The number of carboxylic acids is 1. The highest BCUT2D eigenvalue weighted by Crippen LogP contribution is 2.23. The minimum atomic E-state index is -0.760. The van der Waals surface area contributed by atoms with Crippen LogP contribution in [0, 0.1) is 5.92 Å². The van der Waals surface area contributed by atoms with Gasteiger partial charge in [-0.15, -0.1) is 0 Å². The second kappa shape index (κ2) is 7.22. The van der Waals surface area contributed by atoms with Crippen LogP contribution in [-0.4, -0.2) is 70.7 Å². The predicted molar refractivity (Wildman–Crippen MR) is 77.8 cm³/mol. The predicted octanol–water partition coefficient (Wildman–Crippen LogP) is 0.545.